The fourth-order valence-electron chi connectivity index (χ4n) is 1.65. The Bertz CT molecular complexity index is 480. The van der Waals surface area contributed by atoms with Crippen molar-refractivity contribution in [1.29, 1.82) is 0 Å². The van der Waals surface area contributed by atoms with Gasteiger partial charge in [-0.25, -0.2) is 4.39 Å². The third-order valence-electron chi connectivity index (χ3n) is 2.59. The Kier molecular flexibility index (Phi) is 5.69. The molecule has 0 saturated heterocycles. The Hall–Kier alpha value is -1.69. The minimum absolute atomic E-state index is 0.0116. The number of nitrogens with zero attached hydrogens (tertiary/aromatic N) is 1. The molecule has 104 valence electrons. The van der Waals surface area contributed by atoms with Crippen LogP contribution in [0.5, 0.6) is 0 Å². The van der Waals surface area contributed by atoms with E-state index in [1.54, 1.807) is 17.9 Å². The maximum absolute atomic E-state index is 13.8. The Balaban J connectivity index is 2.90. The van der Waals surface area contributed by atoms with Gasteiger partial charge >= 0.3 is 5.97 Å². The molecule has 2 N–H and O–H groups in total. The standard InChI is InChI=1S/C13H17FN2O2S/c1-3-16(8-12(17)18-4-2)9-5-6-10(13(15)19)11(14)7-9/h5-7H,3-4,8H2,1-2H3,(H2,15,19). The van der Waals surface area contributed by atoms with Crippen molar-refractivity contribution >= 4 is 28.9 Å². The molecule has 0 unspecified atom stereocenters. The first-order valence-electron chi connectivity index (χ1n) is 5.99. The van der Waals surface area contributed by atoms with Gasteiger partial charge in [-0.05, 0) is 32.0 Å². The lowest BCUT2D eigenvalue weighted by atomic mass is 10.1. The van der Waals surface area contributed by atoms with Crippen molar-refractivity contribution in [2.75, 3.05) is 24.6 Å². The topological polar surface area (TPSA) is 55.6 Å². The first-order valence-corrected chi connectivity index (χ1v) is 6.40. The summed E-state index contributed by atoms with van der Waals surface area (Å²) in [5.41, 5.74) is 6.19. The number of carbonyl (C=O) groups excluding carboxylic acids is 1. The van der Waals surface area contributed by atoms with Crippen LogP contribution in [0.4, 0.5) is 10.1 Å². The van der Waals surface area contributed by atoms with E-state index in [4.69, 9.17) is 22.7 Å². The Morgan fingerprint density at radius 3 is 2.63 bits per heavy atom. The van der Waals surface area contributed by atoms with E-state index in [0.29, 0.717) is 18.8 Å². The lowest BCUT2D eigenvalue weighted by molar-refractivity contribution is -0.141. The third-order valence-corrected chi connectivity index (χ3v) is 2.81. The molecule has 6 heteroatoms. The molecule has 0 bridgehead atoms. The van der Waals surface area contributed by atoms with Gasteiger partial charge in [0.05, 0.1) is 6.61 Å². The van der Waals surface area contributed by atoms with Gasteiger partial charge in [-0.1, -0.05) is 12.2 Å². The Labute approximate surface area is 117 Å². The smallest absolute Gasteiger partial charge is 0.325 e. The monoisotopic (exact) mass is 284 g/mol. The van der Waals surface area contributed by atoms with Crippen LogP contribution in [0.15, 0.2) is 18.2 Å². The van der Waals surface area contributed by atoms with Gasteiger partial charge in [-0.2, -0.15) is 0 Å². The second-order valence-electron chi connectivity index (χ2n) is 3.85. The Morgan fingerprint density at radius 1 is 1.47 bits per heavy atom. The molecule has 1 aromatic carbocycles. The van der Waals surface area contributed by atoms with Crippen molar-refractivity contribution in [3.8, 4) is 0 Å². The van der Waals surface area contributed by atoms with E-state index >= 15 is 0 Å². The third kappa shape index (κ3) is 4.17. The van der Waals surface area contributed by atoms with Gasteiger partial charge in [0, 0.05) is 17.8 Å². The summed E-state index contributed by atoms with van der Waals surface area (Å²) in [5.74, 6) is -0.838. The van der Waals surface area contributed by atoms with E-state index in [9.17, 15) is 9.18 Å². The summed E-state index contributed by atoms with van der Waals surface area (Å²) in [6.07, 6.45) is 0. The second-order valence-corrected chi connectivity index (χ2v) is 4.29. The molecule has 0 radical (unpaired) electrons. The number of thiocarbonyl (C=S) groups is 1. The molecule has 0 aliphatic heterocycles. The van der Waals surface area contributed by atoms with Crippen LogP contribution in [-0.2, 0) is 9.53 Å². The highest BCUT2D eigenvalue weighted by Gasteiger charge is 2.13. The minimum Gasteiger partial charge on any atom is -0.465 e. The summed E-state index contributed by atoms with van der Waals surface area (Å²) in [6, 6.07) is 4.51. The summed E-state index contributed by atoms with van der Waals surface area (Å²) < 4.78 is 18.6. The molecular weight excluding hydrogens is 267 g/mol. The average molecular weight is 284 g/mol. The van der Waals surface area contributed by atoms with Crippen LogP contribution in [0.25, 0.3) is 0 Å². The highest BCUT2D eigenvalue weighted by atomic mass is 32.1. The maximum Gasteiger partial charge on any atom is 0.325 e. The van der Waals surface area contributed by atoms with E-state index in [2.05, 4.69) is 0 Å². The molecular formula is C13H17FN2O2S. The fourth-order valence-corrected chi connectivity index (χ4v) is 1.81. The number of halogens is 1. The number of esters is 1. The lowest BCUT2D eigenvalue weighted by Crippen LogP contribution is -2.31. The van der Waals surface area contributed by atoms with E-state index < -0.39 is 5.82 Å². The number of benzene rings is 1. The average Bonchev–Trinajstić information content (AvgIpc) is 2.35. The highest BCUT2D eigenvalue weighted by molar-refractivity contribution is 7.80. The minimum atomic E-state index is -0.493. The molecule has 0 heterocycles. The molecule has 19 heavy (non-hydrogen) atoms. The van der Waals surface area contributed by atoms with Crippen LogP contribution in [0.2, 0.25) is 0 Å². The largest absolute Gasteiger partial charge is 0.465 e. The van der Waals surface area contributed by atoms with Gasteiger partial charge < -0.3 is 15.4 Å². The number of ether oxygens (including phenoxy) is 1. The van der Waals surface area contributed by atoms with Crippen LogP contribution in [0.3, 0.4) is 0 Å². The van der Waals surface area contributed by atoms with E-state index in [1.807, 2.05) is 6.92 Å². The molecule has 0 fully saturated rings. The first-order chi connectivity index (χ1) is 8.99. The first kappa shape index (κ1) is 15.4. The molecule has 0 aromatic heterocycles. The van der Waals surface area contributed by atoms with E-state index in [1.165, 1.54) is 12.1 Å². The molecule has 0 atom stereocenters. The summed E-state index contributed by atoms with van der Waals surface area (Å²) in [4.78, 5) is 13.2. The van der Waals surface area contributed by atoms with Crippen LogP contribution in [0.1, 0.15) is 19.4 Å². The van der Waals surface area contributed by atoms with Gasteiger partial charge in [-0.3, -0.25) is 4.79 Å². The van der Waals surface area contributed by atoms with Gasteiger partial charge in [0.2, 0.25) is 0 Å². The van der Waals surface area contributed by atoms with Crippen LogP contribution < -0.4 is 10.6 Å². The molecule has 0 aliphatic carbocycles. The van der Waals surface area contributed by atoms with Crippen molar-refractivity contribution in [2.45, 2.75) is 13.8 Å². The zero-order valence-corrected chi connectivity index (χ0v) is 11.8. The van der Waals surface area contributed by atoms with Gasteiger partial charge in [0.1, 0.15) is 17.4 Å². The molecule has 1 aromatic rings. The number of nitrogens with two attached hydrogens (primary N) is 1. The predicted octanol–water partition coefficient (Wildman–Crippen LogP) is 1.85. The summed E-state index contributed by atoms with van der Waals surface area (Å²) in [5, 5.41) is 0. The molecule has 1 rings (SSSR count). The zero-order chi connectivity index (χ0) is 14.4. The van der Waals surface area contributed by atoms with Crippen molar-refractivity contribution in [2.24, 2.45) is 5.73 Å². The lowest BCUT2D eigenvalue weighted by Gasteiger charge is -2.22. The number of rotatable bonds is 6. The molecule has 0 amide bonds. The number of likely N-dealkylation sites (N-methyl/N-ethyl adjacent to an activating group) is 1. The van der Waals surface area contributed by atoms with Crippen molar-refractivity contribution in [3.05, 3.63) is 29.6 Å². The van der Waals surface area contributed by atoms with Crippen LogP contribution in [0, 0.1) is 5.82 Å². The van der Waals surface area contributed by atoms with E-state index in [0.717, 1.165) is 0 Å². The van der Waals surface area contributed by atoms with Crippen molar-refractivity contribution < 1.29 is 13.9 Å². The van der Waals surface area contributed by atoms with Gasteiger partial charge in [-0.15, -0.1) is 0 Å². The number of hydrogen-bond donors (Lipinski definition) is 1. The van der Waals surface area contributed by atoms with Crippen molar-refractivity contribution in [3.63, 3.8) is 0 Å². The quantitative estimate of drug-likeness (QED) is 0.638. The summed E-state index contributed by atoms with van der Waals surface area (Å²) in [7, 11) is 0. The summed E-state index contributed by atoms with van der Waals surface area (Å²) >= 11 is 4.74. The number of carbonyl (C=O) groups is 1. The van der Waals surface area contributed by atoms with Crippen LogP contribution >= 0.6 is 12.2 Å². The summed E-state index contributed by atoms with van der Waals surface area (Å²) in [6.45, 7) is 4.58. The maximum atomic E-state index is 13.8. The van der Waals surface area contributed by atoms with Gasteiger partial charge in [0.25, 0.3) is 0 Å². The highest BCUT2D eigenvalue weighted by Crippen LogP contribution is 2.18. The molecule has 0 saturated carbocycles. The predicted molar refractivity (Wildman–Crippen MR) is 76.8 cm³/mol. The molecule has 0 spiro atoms. The Morgan fingerprint density at radius 2 is 2.16 bits per heavy atom. The van der Waals surface area contributed by atoms with E-state index in [-0.39, 0.29) is 23.1 Å². The van der Waals surface area contributed by atoms with Gasteiger partial charge in [0.15, 0.2) is 0 Å². The number of anilines is 1. The fraction of sp³-hybridized carbons (Fsp3) is 0.385. The zero-order valence-electron chi connectivity index (χ0n) is 11.0. The number of hydrogen-bond acceptors (Lipinski definition) is 4. The normalized spacial score (nSPS) is 10.1. The second kappa shape index (κ2) is 7.04. The van der Waals surface area contributed by atoms with Crippen molar-refractivity contribution in [1.82, 2.24) is 0 Å². The molecule has 0 aliphatic rings. The van der Waals surface area contributed by atoms with Crippen LogP contribution in [-0.4, -0.2) is 30.7 Å². The molecule has 4 nitrogen and oxygen atoms in total. The SMILES string of the molecule is CCOC(=O)CN(CC)c1ccc(C(N)=S)c(F)c1.